The number of aromatic nitrogens is 2. The van der Waals surface area contributed by atoms with E-state index in [2.05, 4.69) is 9.97 Å². The molecule has 0 bridgehead atoms. The number of fused-ring (bicyclic) bond motifs is 1. The van der Waals surface area contributed by atoms with E-state index in [-0.39, 0.29) is 18.4 Å². The number of hydrogen-bond acceptors (Lipinski definition) is 7. The number of rotatable bonds is 4. The molecule has 242 valence electrons. The number of hydrogen-bond donors (Lipinski definition) is 4. The van der Waals surface area contributed by atoms with Gasteiger partial charge in [-0.2, -0.15) is 26.3 Å². The number of halogens is 6. The van der Waals surface area contributed by atoms with E-state index < -0.39 is 45.1 Å². The first-order valence-electron chi connectivity index (χ1n) is 12.4. The number of nitrogens with zero attached hydrogens (tertiary/aromatic N) is 2. The van der Waals surface area contributed by atoms with Crippen LogP contribution in [0.4, 0.5) is 26.3 Å². The number of sulfonamides is 1. The number of nitrogens with one attached hydrogen (secondary N) is 1. The SMILES string of the molecule is CC(C)(C)N1C(=O)C[C@H](c2ccc(C[C@H](N)c3nc4ccccc4[nH]3)cc2)S1(=O)=O.O=C(O)C(F)(F)F.O=C(O)C(F)(F)F. The van der Waals surface area contributed by atoms with Gasteiger partial charge in [-0.1, -0.05) is 36.4 Å². The molecule has 18 heteroatoms. The number of amides is 1. The third-order valence-electron chi connectivity index (χ3n) is 5.86. The summed E-state index contributed by atoms with van der Waals surface area (Å²) >= 11 is 0. The van der Waals surface area contributed by atoms with Gasteiger partial charge in [0.1, 0.15) is 11.1 Å². The van der Waals surface area contributed by atoms with Crippen LogP contribution in [0.25, 0.3) is 11.0 Å². The molecule has 2 atom stereocenters. The Morgan fingerprint density at radius 2 is 1.45 bits per heavy atom. The van der Waals surface area contributed by atoms with Gasteiger partial charge < -0.3 is 20.9 Å². The number of imidazole rings is 1. The molecule has 2 aromatic carbocycles. The Hall–Kier alpha value is -4.19. The van der Waals surface area contributed by atoms with Crippen molar-refractivity contribution in [3.8, 4) is 0 Å². The van der Waals surface area contributed by atoms with Crippen LogP contribution in [0, 0.1) is 0 Å². The van der Waals surface area contributed by atoms with E-state index in [9.17, 15) is 39.6 Å². The summed E-state index contributed by atoms with van der Waals surface area (Å²) in [5, 5.41) is 13.4. The standard InChI is InChI=1S/C22H26N4O3S.2C2HF3O2/c1-22(2,3)26-20(27)13-19(30(26,28)29)15-10-8-14(9-11-15)12-16(23)21-24-17-6-4-5-7-18(17)25-21;2*3-2(4,5)1(6)7/h4-11,16,19H,12-13,23H2,1-3H3,(H,24,25);2*(H,6,7)/t16-,19+;;/m0../s1. The lowest BCUT2D eigenvalue weighted by Crippen LogP contribution is -2.45. The molecule has 0 spiro atoms. The van der Waals surface area contributed by atoms with Crippen molar-refractivity contribution >= 4 is 38.9 Å². The molecular weight excluding hydrogens is 626 g/mol. The maximum Gasteiger partial charge on any atom is 0.490 e. The number of benzene rings is 2. The van der Waals surface area contributed by atoms with Crippen molar-refractivity contribution in [1.29, 1.82) is 0 Å². The number of para-hydroxylation sites is 2. The molecule has 1 saturated heterocycles. The quantitative estimate of drug-likeness (QED) is 0.295. The topological polar surface area (TPSA) is 184 Å². The molecule has 0 unspecified atom stereocenters. The Morgan fingerprint density at radius 3 is 1.86 bits per heavy atom. The molecule has 5 N–H and O–H groups in total. The zero-order valence-corrected chi connectivity index (χ0v) is 24.1. The summed E-state index contributed by atoms with van der Waals surface area (Å²) in [6.45, 7) is 5.19. The molecule has 0 saturated carbocycles. The number of carboxylic acids is 2. The van der Waals surface area contributed by atoms with Crippen molar-refractivity contribution in [3.63, 3.8) is 0 Å². The molecule has 0 aliphatic carbocycles. The van der Waals surface area contributed by atoms with Crippen LogP contribution in [-0.4, -0.2) is 68.6 Å². The molecular formula is C26H28F6N4O7S. The minimum atomic E-state index is -5.08. The Kier molecular flexibility index (Phi) is 10.8. The summed E-state index contributed by atoms with van der Waals surface area (Å²) in [5.41, 5.74) is 8.97. The van der Waals surface area contributed by atoms with Gasteiger partial charge in [0, 0.05) is 0 Å². The van der Waals surface area contributed by atoms with Crippen LogP contribution in [0.1, 0.15) is 55.4 Å². The van der Waals surface area contributed by atoms with Crippen molar-refractivity contribution in [2.75, 3.05) is 0 Å². The lowest BCUT2D eigenvalue weighted by atomic mass is 10.0. The Labute approximate surface area is 246 Å². The van der Waals surface area contributed by atoms with Crippen molar-refractivity contribution in [1.82, 2.24) is 14.3 Å². The van der Waals surface area contributed by atoms with E-state index in [4.69, 9.17) is 25.5 Å². The third-order valence-corrected chi connectivity index (χ3v) is 8.28. The number of nitrogens with two attached hydrogens (primary N) is 1. The Bertz CT molecular complexity index is 1540. The maximum atomic E-state index is 13.0. The molecule has 1 aliphatic heterocycles. The van der Waals surface area contributed by atoms with Gasteiger partial charge in [-0.05, 0) is 50.5 Å². The minimum Gasteiger partial charge on any atom is -0.475 e. The zero-order valence-electron chi connectivity index (χ0n) is 23.3. The van der Waals surface area contributed by atoms with Gasteiger partial charge >= 0.3 is 24.3 Å². The summed E-state index contributed by atoms with van der Waals surface area (Å²) in [7, 11) is -3.74. The first kappa shape index (κ1) is 36.0. The molecule has 1 amide bonds. The lowest BCUT2D eigenvalue weighted by Gasteiger charge is -2.30. The van der Waals surface area contributed by atoms with Crippen LogP contribution in [0.3, 0.4) is 0 Å². The van der Waals surface area contributed by atoms with E-state index in [1.54, 1.807) is 32.9 Å². The number of carbonyl (C=O) groups is 3. The smallest absolute Gasteiger partial charge is 0.475 e. The number of aliphatic carboxylic acids is 2. The largest absolute Gasteiger partial charge is 0.490 e. The average molecular weight is 655 g/mol. The van der Waals surface area contributed by atoms with Gasteiger partial charge in [0.2, 0.25) is 15.9 Å². The van der Waals surface area contributed by atoms with Crippen LogP contribution in [-0.2, 0) is 30.8 Å². The molecule has 1 fully saturated rings. The second-order valence-electron chi connectivity index (χ2n) is 10.4. The highest BCUT2D eigenvalue weighted by molar-refractivity contribution is 7.90. The van der Waals surface area contributed by atoms with Crippen molar-refractivity contribution in [3.05, 3.63) is 65.5 Å². The van der Waals surface area contributed by atoms with E-state index in [1.807, 2.05) is 36.4 Å². The van der Waals surface area contributed by atoms with Crippen LogP contribution in [0.15, 0.2) is 48.5 Å². The van der Waals surface area contributed by atoms with E-state index in [0.717, 1.165) is 20.9 Å². The fourth-order valence-electron chi connectivity index (χ4n) is 4.03. The van der Waals surface area contributed by atoms with Gasteiger partial charge in [-0.15, -0.1) is 0 Å². The van der Waals surface area contributed by atoms with Crippen molar-refractivity contribution in [2.45, 2.75) is 62.8 Å². The van der Waals surface area contributed by atoms with Gasteiger partial charge in [0.05, 0.1) is 29.0 Å². The number of carbonyl (C=O) groups excluding carboxylic acids is 1. The summed E-state index contributed by atoms with van der Waals surface area (Å²) < 4.78 is 90.4. The van der Waals surface area contributed by atoms with E-state index >= 15 is 0 Å². The van der Waals surface area contributed by atoms with Crippen LogP contribution < -0.4 is 5.73 Å². The fraction of sp³-hybridized carbons (Fsp3) is 0.385. The highest BCUT2D eigenvalue weighted by atomic mass is 32.2. The molecule has 3 aromatic rings. The number of aromatic amines is 1. The third kappa shape index (κ3) is 9.15. The van der Waals surface area contributed by atoms with E-state index in [1.165, 1.54) is 0 Å². The van der Waals surface area contributed by atoms with Gasteiger partial charge in [0.25, 0.3) is 0 Å². The van der Waals surface area contributed by atoms with Crippen molar-refractivity contribution < 1.29 is 59.4 Å². The second-order valence-corrected chi connectivity index (χ2v) is 12.3. The molecule has 4 rings (SSSR count). The highest BCUT2D eigenvalue weighted by Gasteiger charge is 2.49. The van der Waals surface area contributed by atoms with Gasteiger partial charge in [-0.3, -0.25) is 4.79 Å². The second kappa shape index (κ2) is 13.2. The predicted octanol–water partition coefficient (Wildman–Crippen LogP) is 4.47. The number of alkyl halides is 6. The minimum absolute atomic E-state index is 0.0303. The highest BCUT2D eigenvalue weighted by Crippen LogP contribution is 2.40. The Balaban J connectivity index is 0.000000402. The van der Waals surface area contributed by atoms with Crippen molar-refractivity contribution in [2.24, 2.45) is 5.73 Å². The number of H-pyrrole nitrogens is 1. The first-order chi connectivity index (χ1) is 20.0. The zero-order chi connectivity index (χ0) is 33.8. The van der Waals surface area contributed by atoms with Gasteiger partial charge in [-0.25, -0.2) is 27.3 Å². The summed E-state index contributed by atoms with van der Waals surface area (Å²) in [6.07, 6.45) is -9.64. The first-order valence-corrected chi connectivity index (χ1v) is 13.9. The average Bonchev–Trinajstić information content (AvgIpc) is 3.41. The molecule has 2 heterocycles. The predicted molar refractivity (Wildman–Crippen MR) is 143 cm³/mol. The monoisotopic (exact) mass is 654 g/mol. The van der Waals surface area contributed by atoms with Crippen LogP contribution in [0.2, 0.25) is 0 Å². The fourth-order valence-corrected chi connectivity index (χ4v) is 6.26. The van der Waals surface area contributed by atoms with E-state index in [0.29, 0.717) is 17.8 Å². The lowest BCUT2D eigenvalue weighted by molar-refractivity contribution is -0.193. The molecule has 1 aromatic heterocycles. The van der Waals surface area contributed by atoms with Gasteiger partial charge in [0.15, 0.2) is 0 Å². The molecule has 0 radical (unpaired) electrons. The van der Waals surface area contributed by atoms with Crippen LogP contribution in [0.5, 0.6) is 0 Å². The maximum absolute atomic E-state index is 13.0. The summed E-state index contributed by atoms with van der Waals surface area (Å²) in [5.74, 6) is -5.16. The summed E-state index contributed by atoms with van der Waals surface area (Å²) in [4.78, 5) is 38.0. The Morgan fingerprint density at radius 1 is 0.977 bits per heavy atom. The molecule has 44 heavy (non-hydrogen) atoms. The normalized spacial score (nSPS) is 17.3. The molecule has 11 nitrogen and oxygen atoms in total. The summed E-state index contributed by atoms with van der Waals surface area (Å²) in [6, 6.07) is 14.8. The van der Waals surface area contributed by atoms with Crippen LogP contribution >= 0.6 is 0 Å². The molecule has 1 aliphatic rings. The number of carboxylic acid groups (broad SMARTS) is 2.